The summed E-state index contributed by atoms with van der Waals surface area (Å²) in [5.74, 6) is 0.748. The number of nitrogens with zero attached hydrogens (tertiary/aromatic N) is 2. The molecule has 0 radical (unpaired) electrons. The number of carbonyl (C=O) groups excluding carboxylic acids is 1. The van der Waals surface area contributed by atoms with Crippen LogP contribution in [-0.4, -0.2) is 36.4 Å². The van der Waals surface area contributed by atoms with Crippen LogP contribution in [0.4, 0.5) is 0 Å². The largest absolute Gasteiger partial charge is 0.459 e. The van der Waals surface area contributed by atoms with Crippen molar-refractivity contribution in [3.63, 3.8) is 0 Å². The first-order valence-corrected chi connectivity index (χ1v) is 9.26. The molecule has 0 aliphatic carbocycles. The molecule has 0 aliphatic heterocycles. The highest BCUT2D eigenvalue weighted by Crippen LogP contribution is 2.26. The van der Waals surface area contributed by atoms with Crippen molar-refractivity contribution in [1.29, 1.82) is 0 Å². The van der Waals surface area contributed by atoms with Gasteiger partial charge in [0.1, 0.15) is 11.3 Å². The number of fused-ring (bicyclic) bond motifs is 2. The maximum Gasteiger partial charge on any atom is 0.251 e. The van der Waals surface area contributed by atoms with Crippen LogP contribution in [0.1, 0.15) is 22.2 Å². The van der Waals surface area contributed by atoms with Crippen molar-refractivity contribution in [2.75, 3.05) is 20.6 Å². The molecule has 4 rings (SSSR count). The minimum atomic E-state index is -0.0942. The first-order chi connectivity index (χ1) is 12.6. The number of hydrogen-bond acceptors (Lipinski definition) is 5. The summed E-state index contributed by atoms with van der Waals surface area (Å²) in [6.07, 6.45) is 0. The van der Waals surface area contributed by atoms with Gasteiger partial charge < -0.3 is 9.73 Å². The number of amides is 1. The zero-order chi connectivity index (χ0) is 18.1. The Morgan fingerprint density at radius 3 is 2.88 bits per heavy atom. The van der Waals surface area contributed by atoms with E-state index in [9.17, 15) is 4.79 Å². The third-order valence-electron chi connectivity index (χ3n) is 4.45. The van der Waals surface area contributed by atoms with Crippen LogP contribution < -0.4 is 5.32 Å². The SMILES string of the molecule is CN(C)[C@@H](CNC(=O)c1ccc2ncsc2c1)c1cc2ccccc2o1. The topological polar surface area (TPSA) is 58.4 Å². The van der Waals surface area contributed by atoms with Gasteiger partial charge in [0, 0.05) is 17.5 Å². The Kier molecular flexibility index (Phi) is 4.44. The molecular formula is C20H19N3O2S. The highest BCUT2D eigenvalue weighted by atomic mass is 32.1. The second kappa shape index (κ2) is 6.90. The first-order valence-electron chi connectivity index (χ1n) is 8.38. The van der Waals surface area contributed by atoms with Gasteiger partial charge in [-0.1, -0.05) is 18.2 Å². The monoisotopic (exact) mass is 365 g/mol. The Morgan fingerprint density at radius 2 is 2.08 bits per heavy atom. The molecule has 6 heteroatoms. The van der Waals surface area contributed by atoms with Crippen molar-refractivity contribution < 1.29 is 9.21 Å². The fraction of sp³-hybridized carbons (Fsp3) is 0.200. The lowest BCUT2D eigenvalue weighted by molar-refractivity contribution is 0.0939. The van der Waals surface area contributed by atoms with Gasteiger partial charge in [0.15, 0.2) is 0 Å². The number of aromatic nitrogens is 1. The lowest BCUT2D eigenvalue weighted by Gasteiger charge is -2.22. The average Bonchev–Trinajstić information content (AvgIpc) is 3.27. The number of furan rings is 1. The van der Waals surface area contributed by atoms with E-state index in [4.69, 9.17) is 4.42 Å². The van der Waals surface area contributed by atoms with Gasteiger partial charge in [-0.2, -0.15) is 0 Å². The number of benzene rings is 2. The average molecular weight is 365 g/mol. The van der Waals surface area contributed by atoms with Crippen molar-refractivity contribution in [2.45, 2.75) is 6.04 Å². The predicted molar refractivity (Wildman–Crippen MR) is 105 cm³/mol. The second-order valence-electron chi connectivity index (χ2n) is 6.41. The van der Waals surface area contributed by atoms with Crippen LogP contribution in [0.25, 0.3) is 21.2 Å². The smallest absolute Gasteiger partial charge is 0.251 e. The molecule has 0 unspecified atom stereocenters. The summed E-state index contributed by atoms with van der Waals surface area (Å²) in [5, 5.41) is 4.09. The van der Waals surface area contributed by atoms with Crippen LogP contribution in [0.3, 0.4) is 0 Å². The maximum absolute atomic E-state index is 12.6. The normalized spacial score (nSPS) is 12.7. The van der Waals surface area contributed by atoms with Crippen LogP contribution in [0, 0.1) is 0 Å². The van der Waals surface area contributed by atoms with E-state index in [-0.39, 0.29) is 11.9 Å². The van der Waals surface area contributed by atoms with Crippen LogP contribution >= 0.6 is 11.3 Å². The Bertz CT molecular complexity index is 1030. The van der Waals surface area contributed by atoms with Gasteiger partial charge in [-0.3, -0.25) is 9.69 Å². The molecule has 0 bridgehead atoms. The molecule has 26 heavy (non-hydrogen) atoms. The molecule has 1 N–H and O–H groups in total. The Labute approximate surface area is 155 Å². The van der Waals surface area contributed by atoms with Crippen LogP contribution in [0.15, 0.2) is 58.5 Å². The van der Waals surface area contributed by atoms with Gasteiger partial charge in [0.2, 0.25) is 0 Å². The molecule has 0 fully saturated rings. The third-order valence-corrected chi connectivity index (χ3v) is 5.24. The maximum atomic E-state index is 12.6. The van der Waals surface area contributed by atoms with E-state index in [0.29, 0.717) is 12.1 Å². The molecule has 2 heterocycles. The Balaban J connectivity index is 1.52. The number of nitrogens with one attached hydrogen (secondary N) is 1. The summed E-state index contributed by atoms with van der Waals surface area (Å²) in [6.45, 7) is 0.465. The highest BCUT2D eigenvalue weighted by Gasteiger charge is 2.20. The number of rotatable bonds is 5. The Hall–Kier alpha value is -2.70. The van der Waals surface area contributed by atoms with Crippen LogP contribution in [-0.2, 0) is 0 Å². The molecule has 5 nitrogen and oxygen atoms in total. The van der Waals surface area contributed by atoms with E-state index in [1.165, 1.54) is 11.3 Å². The summed E-state index contributed by atoms with van der Waals surface area (Å²) >= 11 is 1.53. The second-order valence-corrected chi connectivity index (χ2v) is 7.30. The van der Waals surface area contributed by atoms with E-state index in [1.54, 1.807) is 5.51 Å². The van der Waals surface area contributed by atoms with E-state index < -0.39 is 0 Å². The van der Waals surface area contributed by atoms with Crippen molar-refractivity contribution in [3.8, 4) is 0 Å². The van der Waals surface area contributed by atoms with E-state index >= 15 is 0 Å². The fourth-order valence-corrected chi connectivity index (χ4v) is 3.71. The van der Waals surface area contributed by atoms with Gasteiger partial charge in [0.25, 0.3) is 5.91 Å². The van der Waals surface area contributed by atoms with Gasteiger partial charge in [0.05, 0.1) is 21.8 Å². The van der Waals surface area contributed by atoms with Gasteiger partial charge in [-0.25, -0.2) is 4.98 Å². The molecule has 0 aliphatic rings. The number of carbonyl (C=O) groups is 1. The number of likely N-dealkylation sites (N-methyl/N-ethyl adjacent to an activating group) is 1. The zero-order valence-electron chi connectivity index (χ0n) is 14.6. The highest BCUT2D eigenvalue weighted by molar-refractivity contribution is 7.16. The van der Waals surface area contributed by atoms with Crippen LogP contribution in [0.5, 0.6) is 0 Å². The van der Waals surface area contributed by atoms with Gasteiger partial charge in [-0.05, 0) is 44.4 Å². The quantitative estimate of drug-likeness (QED) is 0.579. The number of para-hydroxylation sites is 1. The van der Waals surface area contributed by atoms with E-state index in [2.05, 4.69) is 10.3 Å². The standard InChI is InChI=1S/C20H19N3O2S/c1-23(2)16(18-9-13-5-3-4-6-17(13)25-18)11-21-20(24)14-7-8-15-19(10-14)26-12-22-15/h3-10,12,16H,11H2,1-2H3,(H,21,24)/t16-/m0/s1. The van der Waals surface area contributed by atoms with Crippen molar-refractivity contribution in [3.05, 3.63) is 65.4 Å². The number of thiazole rings is 1. The first kappa shape index (κ1) is 16.8. The molecule has 0 saturated carbocycles. The molecule has 2 aromatic heterocycles. The summed E-state index contributed by atoms with van der Waals surface area (Å²) in [7, 11) is 3.96. The molecule has 1 atom stereocenters. The lowest BCUT2D eigenvalue weighted by atomic mass is 10.1. The van der Waals surface area contributed by atoms with Crippen molar-refractivity contribution >= 4 is 38.4 Å². The van der Waals surface area contributed by atoms with Crippen molar-refractivity contribution in [2.24, 2.45) is 0 Å². The van der Waals surface area contributed by atoms with Gasteiger partial charge >= 0.3 is 0 Å². The predicted octanol–water partition coefficient (Wildman–Crippen LogP) is 4.08. The molecule has 2 aromatic carbocycles. The fourth-order valence-electron chi connectivity index (χ4n) is 2.99. The zero-order valence-corrected chi connectivity index (χ0v) is 15.4. The molecule has 0 saturated heterocycles. The van der Waals surface area contributed by atoms with E-state index in [0.717, 1.165) is 26.9 Å². The minimum absolute atomic E-state index is 0.0431. The van der Waals surface area contributed by atoms with E-state index in [1.807, 2.05) is 67.5 Å². The third kappa shape index (κ3) is 3.21. The van der Waals surface area contributed by atoms with Gasteiger partial charge in [-0.15, -0.1) is 11.3 Å². The molecule has 132 valence electrons. The summed E-state index contributed by atoms with van der Waals surface area (Å²) < 4.78 is 6.99. The Morgan fingerprint density at radius 1 is 1.23 bits per heavy atom. The lowest BCUT2D eigenvalue weighted by Crippen LogP contribution is -2.34. The number of hydrogen-bond donors (Lipinski definition) is 1. The summed E-state index contributed by atoms with van der Waals surface area (Å²) in [4.78, 5) is 18.9. The van der Waals surface area contributed by atoms with Crippen molar-refractivity contribution in [1.82, 2.24) is 15.2 Å². The molecule has 4 aromatic rings. The molecular weight excluding hydrogens is 346 g/mol. The minimum Gasteiger partial charge on any atom is -0.459 e. The summed E-state index contributed by atoms with van der Waals surface area (Å²) in [6, 6.07) is 15.5. The molecule has 0 spiro atoms. The van der Waals surface area contributed by atoms with Crippen LogP contribution in [0.2, 0.25) is 0 Å². The molecule has 1 amide bonds. The summed E-state index contributed by atoms with van der Waals surface area (Å²) in [5.41, 5.74) is 4.20.